The number of likely N-dealkylation sites (N-methyl/N-ethyl adjacent to an activating group) is 1. The van der Waals surface area contributed by atoms with E-state index in [4.69, 9.17) is 9.05 Å². The van der Waals surface area contributed by atoms with Crippen molar-refractivity contribution in [2.75, 3.05) is 40.9 Å². The van der Waals surface area contributed by atoms with Crippen molar-refractivity contribution < 1.29 is 32.9 Å². The van der Waals surface area contributed by atoms with Gasteiger partial charge in [0.2, 0.25) is 5.91 Å². The zero-order valence-corrected chi connectivity index (χ0v) is 61.8. The molecule has 2 N–H and O–H groups in total. The molecule has 530 valence electrons. The lowest BCUT2D eigenvalue weighted by Crippen LogP contribution is -2.45. The summed E-state index contributed by atoms with van der Waals surface area (Å²) in [5, 5.41) is 14.0. The van der Waals surface area contributed by atoms with Gasteiger partial charge in [-0.25, -0.2) is 0 Å². The van der Waals surface area contributed by atoms with Crippen molar-refractivity contribution in [3.8, 4) is 0 Å². The summed E-state index contributed by atoms with van der Waals surface area (Å²) >= 11 is 0. The van der Waals surface area contributed by atoms with Gasteiger partial charge in [0.15, 0.2) is 0 Å². The van der Waals surface area contributed by atoms with Crippen LogP contribution in [0.1, 0.15) is 431 Å². The van der Waals surface area contributed by atoms with E-state index < -0.39 is 20.0 Å². The predicted molar refractivity (Wildman–Crippen MR) is 390 cm³/mol. The Morgan fingerprint density at radius 2 is 0.629 bits per heavy atom. The molecule has 3 unspecified atom stereocenters. The highest BCUT2D eigenvalue weighted by molar-refractivity contribution is 7.45. The van der Waals surface area contributed by atoms with Gasteiger partial charge in [0, 0.05) is 6.42 Å². The summed E-state index contributed by atoms with van der Waals surface area (Å²) in [6.07, 6.45) is 95.1. The van der Waals surface area contributed by atoms with E-state index in [0.29, 0.717) is 17.4 Å². The van der Waals surface area contributed by atoms with E-state index in [9.17, 15) is 19.4 Å². The first-order valence-corrected chi connectivity index (χ1v) is 41.7. The summed E-state index contributed by atoms with van der Waals surface area (Å²) in [5.74, 6) is -0.197. The Morgan fingerprint density at radius 1 is 0.382 bits per heavy atom. The molecule has 0 rings (SSSR count). The SMILES string of the molecule is CCCCCCCCCCCCCCCCCCCCCCCCCC/C=C/CC/C=C/C(O)C(COP(=O)([O-])OCC[N+](C)(C)C)NC(=O)CCCCCCCCCCCCCCCCCCCCCCCCCCCCCCCCCCCCCCC. The molecule has 89 heavy (non-hydrogen) atoms. The maximum absolute atomic E-state index is 13.1. The quantitative estimate of drug-likeness (QED) is 0.0272. The molecule has 3 atom stereocenters. The number of nitrogens with one attached hydrogen (secondary N) is 1. The molecular formula is C80H159N2O6P. The van der Waals surface area contributed by atoms with Crippen molar-refractivity contribution in [3.63, 3.8) is 0 Å². The number of phosphoric acid groups is 1. The number of unbranched alkanes of at least 4 members (excludes halogenated alkanes) is 61. The fraction of sp³-hybridized carbons (Fsp3) is 0.938. The number of hydrogen-bond acceptors (Lipinski definition) is 6. The normalized spacial score (nSPS) is 13.6. The van der Waals surface area contributed by atoms with Gasteiger partial charge >= 0.3 is 0 Å². The third kappa shape index (κ3) is 74.2. The van der Waals surface area contributed by atoms with Crippen LogP contribution in [0.5, 0.6) is 0 Å². The highest BCUT2D eigenvalue weighted by Gasteiger charge is 2.23. The summed E-state index contributed by atoms with van der Waals surface area (Å²) in [4.78, 5) is 25.7. The fourth-order valence-electron chi connectivity index (χ4n) is 12.7. The standard InChI is InChI=1S/C80H159N2O6P/c1-6-8-10-12-14-16-18-20-22-24-26-28-30-32-34-36-38-39-40-41-42-43-44-46-48-50-52-54-56-58-60-62-64-66-68-70-72-74-80(84)81-78(77-88-89(85,86)87-76-75-82(3,4)5)79(83)73-71-69-67-65-63-61-59-57-55-53-51-49-47-45-37-35-33-31-29-27-25-23-21-19-17-15-13-11-9-7-2/h63,65,71,73,78-79,83H,6-62,64,66-70,72,74-77H2,1-5H3,(H-,81,84,85,86)/b65-63+,73-71+. The van der Waals surface area contributed by atoms with E-state index >= 15 is 0 Å². The topological polar surface area (TPSA) is 108 Å². The molecule has 0 aromatic heterocycles. The molecule has 0 bridgehead atoms. The van der Waals surface area contributed by atoms with E-state index in [1.807, 2.05) is 27.2 Å². The van der Waals surface area contributed by atoms with Crippen molar-refractivity contribution in [3.05, 3.63) is 24.3 Å². The number of amides is 1. The molecule has 0 aliphatic carbocycles. The highest BCUT2D eigenvalue weighted by atomic mass is 31.2. The van der Waals surface area contributed by atoms with Crippen LogP contribution in [0.2, 0.25) is 0 Å². The lowest BCUT2D eigenvalue weighted by atomic mass is 10.0. The van der Waals surface area contributed by atoms with E-state index in [1.165, 1.54) is 372 Å². The molecule has 1 amide bonds. The number of aliphatic hydroxyl groups excluding tert-OH is 1. The number of phosphoric ester groups is 1. The Labute approximate surface area is 557 Å². The van der Waals surface area contributed by atoms with Crippen LogP contribution in [-0.4, -0.2) is 68.5 Å². The largest absolute Gasteiger partial charge is 0.756 e. The monoisotopic (exact) mass is 1280 g/mol. The molecule has 0 fully saturated rings. The van der Waals surface area contributed by atoms with E-state index in [1.54, 1.807) is 6.08 Å². The summed E-state index contributed by atoms with van der Waals surface area (Å²) in [6.45, 7) is 4.71. The zero-order chi connectivity index (χ0) is 64.8. The zero-order valence-electron chi connectivity index (χ0n) is 60.9. The van der Waals surface area contributed by atoms with Crippen molar-refractivity contribution in [2.24, 2.45) is 0 Å². The number of aliphatic hydroxyl groups is 1. The number of carbonyl (C=O) groups is 1. The Balaban J connectivity index is 3.95. The van der Waals surface area contributed by atoms with E-state index in [0.717, 1.165) is 38.5 Å². The first-order chi connectivity index (χ1) is 43.5. The van der Waals surface area contributed by atoms with Crippen LogP contribution in [0.25, 0.3) is 0 Å². The molecule has 0 saturated carbocycles. The van der Waals surface area contributed by atoms with Crippen LogP contribution < -0.4 is 10.2 Å². The van der Waals surface area contributed by atoms with Crippen LogP contribution in [0.3, 0.4) is 0 Å². The minimum absolute atomic E-state index is 0.00326. The maximum atomic E-state index is 13.1. The average Bonchev–Trinajstić information content (AvgIpc) is 3.68. The molecule has 9 heteroatoms. The lowest BCUT2D eigenvalue weighted by molar-refractivity contribution is -0.870. The Morgan fingerprint density at radius 3 is 0.910 bits per heavy atom. The summed E-state index contributed by atoms with van der Waals surface area (Å²) in [5.41, 5.74) is 0. The second-order valence-electron chi connectivity index (χ2n) is 29.1. The van der Waals surface area contributed by atoms with Crippen LogP contribution in [0, 0.1) is 0 Å². The molecule has 0 radical (unpaired) electrons. The molecule has 8 nitrogen and oxygen atoms in total. The fourth-order valence-corrected chi connectivity index (χ4v) is 13.4. The third-order valence-electron chi connectivity index (χ3n) is 18.9. The van der Waals surface area contributed by atoms with Gasteiger partial charge in [-0.2, -0.15) is 0 Å². The Kier molecular flexibility index (Phi) is 70.5. The van der Waals surface area contributed by atoms with Crippen LogP contribution in [-0.2, 0) is 18.4 Å². The number of nitrogens with zero attached hydrogens (tertiary/aromatic N) is 1. The van der Waals surface area contributed by atoms with Gasteiger partial charge < -0.3 is 28.8 Å². The van der Waals surface area contributed by atoms with Crippen LogP contribution in [0.4, 0.5) is 0 Å². The number of allylic oxidation sites excluding steroid dienone is 3. The lowest BCUT2D eigenvalue weighted by Gasteiger charge is -2.29. The second kappa shape index (κ2) is 71.3. The number of hydrogen-bond donors (Lipinski definition) is 2. The van der Waals surface area contributed by atoms with Crippen LogP contribution >= 0.6 is 7.82 Å². The molecule has 0 aromatic rings. The van der Waals surface area contributed by atoms with Crippen molar-refractivity contribution in [2.45, 2.75) is 443 Å². The van der Waals surface area contributed by atoms with Gasteiger partial charge in [-0.05, 0) is 32.1 Å². The van der Waals surface area contributed by atoms with Gasteiger partial charge in [0.1, 0.15) is 13.2 Å². The van der Waals surface area contributed by atoms with Gasteiger partial charge in [0.05, 0.1) is 39.9 Å². The second-order valence-corrected chi connectivity index (χ2v) is 30.5. The van der Waals surface area contributed by atoms with Crippen molar-refractivity contribution >= 4 is 13.7 Å². The summed E-state index contributed by atoms with van der Waals surface area (Å²) in [7, 11) is 1.27. The first-order valence-electron chi connectivity index (χ1n) is 40.2. The van der Waals surface area contributed by atoms with Gasteiger partial charge in [0.25, 0.3) is 7.82 Å². The van der Waals surface area contributed by atoms with Gasteiger partial charge in [-0.1, -0.05) is 417 Å². The highest BCUT2D eigenvalue weighted by Crippen LogP contribution is 2.38. The summed E-state index contributed by atoms with van der Waals surface area (Å²) < 4.78 is 23.5. The molecule has 0 spiro atoms. The maximum Gasteiger partial charge on any atom is 0.268 e. The number of carbonyl (C=O) groups excluding carboxylic acids is 1. The Bertz CT molecular complexity index is 1500. The van der Waals surface area contributed by atoms with Crippen molar-refractivity contribution in [1.82, 2.24) is 5.32 Å². The third-order valence-corrected chi connectivity index (χ3v) is 19.9. The number of quaternary nitrogens is 1. The van der Waals surface area contributed by atoms with Gasteiger partial charge in [-0.3, -0.25) is 9.36 Å². The number of rotatable bonds is 76. The molecule has 0 aliphatic rings. The molecular weight excluding hydrogens is 1120 g/mol. The minimum atomic E-state index is -4.61. The predicted octanol–water partition coefficient (Wildman–Crippen LogP) is 25.5. The average molecular weight is 1280 g/mol. The van der Waals surface area contributed by atoms with Crippen LogP contribution in [0.15, 0.2) is 24.3 Å². The van der Waals surface area contributed by atoms with E-state index in [-0.39, 0.29) is 19.1 Å². The van der Waals surface area contributed by atoms with Gasteiger partial charge in [-0.15, -0.1) is 0 Å². The minimum Gasteiger partial charge on any atom is -0.756 e. The molecule has 0 aromatic carbocycles. The molecule has 0 aliphatic heterocycles. The van der Waals surface area contributed by atoms with E-state index in [2.05, 4.69) is 31.3 Å². The summed E-state index contributed by atoms with van der Waals surface area (Å²) in [6, 6.07) is -0.903. The first kappa shape index (κ1) is 88.0. The smallest absolute Gasteiger partial charge is 0.268 e. The van der Waals surface area contributed by atoms with Crippen molar-refractivity contribution in [1.29, 1.82) is 0 Å². The Hall–Kier alpha value is -1.02. The molecule has 0 heterocycles. The molecule has 0 saturated heterocycles.